The van der Waals surface area contributed by atoms with Crippen molar-refractivity contribution in [3.05, 3.63) is 78.4 Å². The summed E-state index contributed by atoms with van der Waals surface area (Å²) in [4.78, 5) is 0. The summed E-state index contributed by atoms with van der Waals surface area (Å²) in [6.45, 7) is 6.03. The van der Waals surface area contributed by atoms with Crippen LogP contribution in [-0.2, 0) is 0 Å². The van der Waals surface area contributed by atoms with Crippen molar-refractivity contribution in [3.8, 4) is 0 Å². The van der Waals surface area contributed by atoms with Crippen LogP contribution in [0.15, 0.2) is 60.7 Å². The SMILES string of the molecule is [Br-].[CH-]=C(c1ccccc1)c1ccccc1.[Mg+2]. The predicted octanol–water partition coefficient (Wildman–Crippen LogP) is 0.174. The van der Waals surface area contributed by atoms with Crippen LogP contribution in [0.25, 0.3) is 5.57 Å². The molecule has 0 saturated carbocycles. The largest absolute Gasteiger partial charge is 2.00 e. The minimum atomic E-state index is 0. The van der Waals surface area contributed by atoms with Crippen molar-refractivity contribution in [2.45, 2.75) is 0 Å². The van der Waals surface area contributed by atoms with Gasteiger partial charge in [-0.25, -0.2) is 6.58 Å². The van der Waals surface area contributed by atoms with Crippen LogP contribution in [0.4, 0.5) is 0 Å². The molecule has 0 bridgehead atoms. The molecule has 2 aromatic rings. The van der Waals surface area contributed by atoms with Gasteiger partial charge in [0.1, 0.15) is 0 Å². The van der Waals surface area contributed by atoms with Gasteiger partial charge in [0.25, 0.3) is 0 Å². The molecule has 0 nitrogen and oxygen atoms in total. The van der Waals surface area contributed by atoms with Crippen molar-refractivity contribution in [2.24, 2.45) is 0 Å². The molecule has 0 radical (unpaired) electrons. The summed E-state index contributed by atoms with van der Waals surface area (Å²) < 4.78 is 0. The van der Waals surface area contributed by atoms with E-state index in [1.807, 2.05) is 60.7 Å². The first kappa shape index (κ1) is 15.4. The van der Waals surface area contributed by atoms with E-state index in [1.54, 1.807) is 0 Å². The molecule has 0 fully saturated rings. The Bertz CT molecular complexity index is 382. The fraction of sp³-hybridized carbons (Fsp3) is 0. The molecule has 76 valence electrons. The zero-order valence-corrected chi connectivity index (χ0v) is 11.9. The van der Waals surface area contributed by atoms with Crippen molar-refractivity contribution in [2.75, 3.05) is 0 Å². The minimum absolute atomic E-state index is 0. The van der Waals surface area contributed by atoms with E-state index in [9.17, 15) is 0 Å². The Labute approximate surface area is 123 Å². The van der Waals surface area contributed by atoms with E-state index in [4.69, 9.17) is 6.58 Å². The summed E-state index contributed by atoms with van der Waals surface area (Å²) in [6.07, 6.45) is 0. The van der Waals surface area contributed by atoms with Crippen LogP contribution < -0.4 is 17.0 Å². The van der Waals surface area contributed by atoms with Crippen molar-refractivity contribution in [1.82, 2.24) is 0 Å². The average molecular weight is 283 g/mol. The second-order valence-corrected chi connectivity index (χ2v) is 3.15. The fourth-order valence-corrected chi connectivity index (χ4v) is 1.40. The Balaban J connectivity index is 0.00000112. The molecule has 0 aliphatic rings. The van der Waals surface area contributed by atoms with Gasteiger partial charge in [0.2, 0.25) is 0 Å². The number of hydrogen-bond acceptors (Lipinski definition) is 0. The summed E-state index contributed by atoms with van der Waals surface area (Å²) in [5.41, 5.74) is 2.96. The number of benzene rings is 2. The van der Waals surface area contributed by atoms with E-state index in [0.29, 0.717) is 0 Å². The predicted molar refractivity (Wildman–Crippen MR) is 65.4 cm³/mol. The van der Waals surface area contributed by atoms with Gasteiger partial charge >= 0.3 is 23.1 Å². The van der Waals surface area contributed by atoms with Crippen molar-refractivity contribution in [3.63, 3.8) is 0 Å². The van der Waals surface area contributed by atoms with Crippen LogP contribution >= 0.6 is 0 Å². The van der Waals surface area contributed by atoms with Crippen LogP contribution in [-0.4, -0.2) is 23.1 Å². The van der Waals surface area contributed by atoms with E-state index in [1.165, 1.54) is 0 Å². The molecule has 2 rings (SSSR count). The molecule has 0 amide bonds. The van der Waals surface area contributed by atoms with Gasteiger partial charge in [0.05, 0.1) is 0 Å². The van der Waals surface area contributed by atoms with Gasteiger partial charge in [-0.3, -0.25) is 0 Å². The van der Waals surface area contributed by atoms with Crippen LogP contribution in [0.5, 0.6) is 0 Å². The Morgan fingerprint density at radius 2 is 1.00 bits per heavy atom. The molecule has 0 N–H and O–H groups in total. The molecule has 0 unspecified atom stereocenters. The molecule has 16 heavy (non-hydrogen) atoms. The van der Waals surface area contributed by atoms with Gasteiger partial charge in [-0.15, -0.1) is 35.4 Å². The second-order valence-electron chi connectivity index (χ2n) is 3.15. The third-order valence-electron chi connectivity index (χ3n) is 2.17. The summed E-state index contributed by atoms with van der Waals surface area (Å²) in [7, 11) is 0. The topological polar surface area (TPSA) is 0 Å². The minimum Gasteiger partial charge on any atom is -1.00 e. The molecule has 2 aromatic carbocycles. The van der Waals surface area contributed by atoms with Gasteiger partial charge in [0.15, 0.2) is 0 Å². The molecule has 0 spiro atoms. The first-order valence-corrected chi connectivity index (χ1v) is 4.61. The van der Waals surface area contributed by atoms with E-state index < -0.39 is 0 Å². The fourth-order valence-electron chi connectivity index (χ4n) is 1.40. The number of rotatable bonds is 2. The van der Waals surface area contributed by atoms with Gasteiger partial charge < -0.3 is 17.0 Å². The molecule has 0 aliphatic heterocycles. The normalized spacial score (nSPS) is 8.50. The maximum absolute atomic E-state index is 6.03. The van der Waals surface area contributed by atoms with E-state index in [2.05, 4.69) is 0 Å². The molecular formula is C14H11BrMg. The van der Waals surface area contributed by atoms with Crippen LogP contribution in [0.1, 0.15) is 11.1 Å². The molecular weight excluding hydrogens is 272 g/mol. The molecule has 0 aromatic heterocycles. The third-order valence-corrected chi connectivity index (χ3v) is 2.17. The maximum Gasteiger partial charge on any atom is 2.00 e. The molecule has 0 aliphatic carbocycles. The zero-order valence-electron chi connectivity index (χ0n) is 8.94. The van der Waals surface area contributed by atoms with Gasteiger partial charge in [-0.1, -0.05) is 36.4 Å². The first-order chi connectivity index (χ1) is 6.88. The smallest absolute Gasteiger partial charge is 1.00 e. The third kappa shape index (κ3) is 3.78. The van der Waals surface area contributed by atoms with Crippen molar-refractivity contribution >= 4 is 28.6 Å². The second kappa shape index (κ2) is 7.66. The average Bonchev–Trinajstić information content (AvgIpc) is 2.30. The summed E-state index contributed by atoms with van der Waals surface area (Å²) in [5.74, 6) is 0. The van der Waals surface area contributed by atoms with Crippen LogP contribution in [0.3, 0.4) is 0 Å². The van der Waals surface area contributed by atoms with Crippen LogP contribution in [0, 0.1) is 6.58 Å². The van der Waals surface area contributed by atoms with E-state index in [-0.39, 0.29) is 40.0 Å². The standard InChI is InChI=1S/C14H11.BrH.Mg/c1-12(13-8-4-2-5-9-13)14-10-6-3-7-11-14;;/h1-11H;1H;/q-1;;+2/p-1. The summed E-state index contributed by atoms with van der Waals surface area (Å²) in [6, 6.07) is 20.0. The van der Waals surface area contributed by atoms with E-state index in [0.717, 1.165) is 16.7 Å². The molecule has 0 atom stereocenters. The van der Waals surface area contributed by atoms with Gasteiger partial charge in [0, 0.05) is 0 Å². The molecule has 0 heterocycles. The monoisotopic (exact) mass is 282 g/mol. The number of hydrogen-bond donors (Lipinski definition) is 0. The Hall–Kier alpha value is -0.574. The summed E-state index contributed by atoms with van der Waals surface area (Å²) >= 11 is 0. The van der Waals surface area contributed by atoms with Gasteiger partial charge in [-0.2, -0.15) is 5.57 Å². The Morgan fingerprint density at radius 3 is 1.31 bits per heavy atom. The molecule has 0 saturated heterocycles. The van der Waals surface area contributed by atoms with Gasteiger partial charge in [-0.05, 0) is 0 Å². The molecule has 2 heteroatoms. The van der Waals surface area contributed by atoms with Crippen LogP contribution in [0.2, 0.25) is 0 Å². The quantitative estimate of drug-likeness (QED) is 0.545. The zero-order chi connectivity index (χ0) is 9.80. The van der Waals surface area contributed by atoms with E-state index >= 15 is 0 Å². The Kier molecular flexibility index (Phi) is 7.38. The Morgan fingerprint density at radius 1 is 0.688 bits per heavy atom. The first-order valence-electron chi connectivity index (χ1n) is 4.61. The maximum atomic E-state index is 6.03. The summed E-state index contributed by atoms with van der Waals surface area (Å²) in [5, 5.41) is 0. The number of halogens is 1. The van der Waals surface area contributed by atoms with Crippen molar-refractivity contribution < 1.29 is 17.0 Å². The van der Waals surface area contributed by atoms with Crippen molar-refractivity contribution in [1.29, 1.82) is 0 Å².